The molecular weight excluding hydrogens is 212 g/mol. The van der Waals surface area contributed by atoms with Crippen LogP contribution in [-0.2, 0) is 0 Å². The van der Waals surface area contributed by atoms with Crippen molar-refractivity contribution >= 4 is 5.69 Å². The Morgan fingerprint density at radius 2 is 1.71 bits per heavy atom. The molecule has 0 aromatic heterocycles. The first kappa shape index (κ1) is 10.9. The second kappa shape index (κ2) is 4.22. The normalized spacial score (nSPS) is 28.5. The van der Waals surface area contributed by atoms with Gasteiger partial charge in [-0.1, -0.05) is 12.1 Å². The Kier molecular flexibility index (Phi) is 2.71. The molecule has 2 fully saturated rings. The molecule has 0 spiro atoms. The zero-order chi connectivity index (χ0) is 11.8. The fourth-order valence-corrected chi connectivity index (χ4v) is 3.32. The summed E-state index contributed by atoms with van der Waals surface area (Å²) in [6.07, 6.45) is 0. The molecule has 17 heavy (non-hydrogen) atoms. The van der Waals surface area contributed by atoms with Crippen LogP contribution in [0.2, 0.25) is 0 Å². The third-order valence-electron chi connectivity index (χ3n) is 4.09. The standard InChI is InChI=1S/C14H20N2O/c1-15-7-11-9-16(10-12(11)8-15)13-5-3-4-6-14(13)17-2/h3-6,11-12H,7-10H2,1-2H3/t11-,12+. The van der Waals surface area contributed by atoms with E-state index in [4.69, 9.17) is 4.74 Å². The SMILES string of the molecule is COc1ccccc1N1C[C@H]2CN(C)C[C@H]2C1. The van der Waals surface area contributed by atoms with Crippen LogP contribution < -0.4 is 9.64 Å². The molecule has 2 atom stereocenters. The van der Waals surface area contributed by atoms with Crippen LogP contribution in [0.15, 0.2) is 24.3 Å². The fraction of sp³-hybridized carbons (Fsp3) is 0.571. The molecule has 92 valence electrons. The van der Waals surface area contributed by atoms with E-state index in [1.807, 2.05) is 6.07 Å². The van der Waals surface area contributed by atoms with Gasteiger partial charge < -0.3 is 14.5 Å². The maximum Gasteiger partial charge on any atom is 0.142 e. The minimum absolute atomic E-state index is 0.838. The number of nitrogens with zero attached hydrogens (tertiary/aromatic N) is 2. The highest BCUT2D eigenvalue weighted by atomic mass is 16.5. The number of para-hydroxylation sites is 2. The van der Waals surface area contributed by atoms with Gasteiger partial charge in [0.1, 0.15) is 5.75 Å². The molecule has 2 heterocycles. The largest absolute Gasteiger partial charge is 0.495 e. The average Bonchev–Trinajstić information content (AvgIpc) is 2.86. The summed E-state index contributed by atoms with van der Waals surface area (Å²) in [6, 6.07) is 8.35. The van der Waals surface area contributed by atoms with Crippen LogP contribution in [0.5, 0.6) is 5.75 Å². The van der Waals surface area contributed by atoms with Gasteiger partial charge in [0.05, 0.1) is 12.8 Å². The minimum Gasteiger partial charge on any atom is -0.495 e. The van der Waals surface area contributed by atoms with Crippen molar-refractivity contribution < 1.29 is 4.74 Å². The highest BCUT2D eigenvalue weighted by Gasteiger charge is 2.39. The van der Waals surface area contributed by atoms with Gasteiger partial charge in [0.2, 0.25) is 0 Å². The van der Waals surface area contributed by atoms with Crippen LogP contribution in [0.3, 0.4) is 0 Å². The van der Waals surface area contributed by atoms with Crippen LogP contribution in [0, 0.1) is 11.8 Å². The molecule has 3 nitrogen and oxygen atoms in total. The van der Waals surface area contributed by atoms with Gasteiger partial charge >= 0.3 is 0 Å². The number of hydrogen-bond donors (Lipinski definition) is 0. The van der Waals surface area contributed by atoms with E-state index < -0.39 is 0 Å². The summed E-state index contributed by atoms with van der Waals surface area (Å²) in [4.78, 5) is 4.94. The highest BCUT2D eigenvalue weighted by Crippen LogP contribution is 2.37. The van der Waals surface area contributed by atoms with Crippen molar-refractivity contribution in [3.8, 4) is 5.75 Å². The van der Waals surface area contributed by atoms with Gasteiger partial charge in [-0.2, -0.15) is 0 Å². The Morgan fingerprint density at radius 1 is 1.06 bits per heavy atom. The monoisotopic (exact) mass is 232 g/mol. The molecule has 0 saturated carbocycles. The van der Waals surface area contributed by atoms with Crippen molar-refractivity contribution in [3.63, 3.8) is 0 Å². The van der Waals surface area contributed by atoms with E-state index in [2.05, 4.69) is 35.0 Å². The van der Waals surface area contributed by atoms with E-state index >= 15 is 0 Å². The lowest BCUT2D eigenvalue weighted by atomic mass is 10.0. The lowest BCUT2D eigenvalue weighted by Gasteiger charge is -2.23. The molecule has 2 aliphatic heterocycles. The maximum absolute atomic E-state index is 5.45. The molecule has 0 radical (unpaired) electrons. The molecule has 3 heteroatoms. The van der Waals surface area contributed by atoms with Crippen molar-refractivity contribution in [2.45, 2.75) is 0 Å². The van der Waals surface area contributed by atoms with Crippen LogP contribution in [-0.4, -0.2) is 45.2 Å². The summed E-state index contributed by atoms with van der Waals surface area (Å²) < 4.78 is 5.45. The summed E-state index contributed by atoms with van der Waals surface area (Å²) >= 11 is 0. The molecule has 1 aromatic carbocycles. The number of likely N-dealkylation sites (tertiary alicyclic amines) is 1. The number of ether oxygens (including phenoxy) is 1. The summed E-state index contributed by atoms with van der Waals surface area (Å²) in [5.74, 6) is 2.68. The first-order valence-corrected chi connectivity index (χ1v) is 6.34. The van der Waals surface area contributed by atoms with Crippen molar-refractivity contribution in [2.75, 3.05) is 45.2 Å². The fourth-order valence-electron chi connectivity index (χ4n) is 3.32. The van der Waals surface area contributed by atoms with E-state index in [0.29, 0.717) is 0 Å². The molecule has 0 unspecified atom stereocenters. The van der Waals surface area contributed by atoms with Gasteiger partial charge in [0, 0.05) is 26.2 Å². The van der Waals surface area contributed by atoms with E-state index in [-0.39, 0.29) is 0 Å². The Balaban J connectivity index is 1.79. The summed E-state index contributed by atoms with van der Waals surface area (Å²) in [5, 5.41) is 0. The van der Waals surface area contributed by atoms with Gasteiger partial charge in [-0.3, -0.25) is 0 Å². The second-order valence-corrected chi connectivity index (χ2v) is 5.32. The molecular formula is C14H20N2O. The quantitative estimate of drug-likeness (QED) is 0.772. The van der Waals surface area contributed by atoms with Gasteiger partial charge in [0.25, 0.3) is 0 Å². The lowest BCUT2D eigenvalue weighted by molar-refractivity contribution is 0.385. The van der Waals surface area contributed by atoms with Crippen LogP contribution in [0.4, 0.5) is 5.69 Å². The van der Waals surface area contributed by atoms with E-state index in [9.17, 15) is 0 Å². The third kappa shape index (κ3) is 1.89. The lowest BCUT2D eigenvalue weighted by Crippen LogP contribution is -2.26. The molecule has 0 N–H and O–H groups in total. The predicted molar refractivity (Wildman–Crippen MR) is 69.7 cm³/mol. The average molecular weight is 232 g/mol. The van der Waals surface area contributed by atoms with Crippen molar-refractivity contribution in [1.82, 2.24) is 4.90 Å². The molecule has 1 aromatic rings. The van der Waals surface area contributed by atoms with Crippen molar-refractivity contribution in [2.24, 2.45) is 11.8 Å². The highest BCUT2D eigenvalue weighted by molar-refractivity contribution is 5.59. The van der Waals surface area contributed by atoms with E-state index in [1.54, 1.807) is 7.11 Å². The van der Waals surface area contributed by atoms with Gasteiger partial charge in [0.15, 0.2) is 0 Å². The van der Waals surface area contributed by atoms with Crippen molar-refractivity contribution in [3.05, 3.63) is 24.3 Å². The molecule has 2 saturated heterocycles. The Labute approximate surface area is 103 Å². The molecule has 3 rings (SSSR count). The van der Waals surface area contributed by atoms with Gasteiger partial charge in [-0.25, -0.2) is 0 Å². The molecule has 0 aliphatic carbocycles. The Bertz CT molecular complexity index is 393. The van der Waals surface area contributed by atoms with E-state index in [0.717, 1.165) is 17.6 Å². The zero-order valence-corrected chi connectivity index (χ0v) is 10.6. The Hall–Kier alpha value is -1.22. The van der Waals surface area contributed by atoms with Gasteiger partial charge in [-0.05, 0) is 31.0 Å². The molecule has 0 amide bonds. The number of anilines is 1. The summed E-state index contributed by atoms with van der Waals surface area (Å²) in [6.45, 7) is 4.84. The zero-order valence-electron chi connectivity index (χ0n) is 10.6. The van der Waals surface area contributed by atoms with E-state index in [1.165, 1.54) is 31.9 Å². The smallest absolute Gasteiger partial charge is 0.142 e. The number of hydrogen-bond acceptors (Lipinski definition) is 3. The first-order valence-electron chi connectivity index (χ1n) is 6.34. The Morgan fingerprint density at radius 3 is 2.35 bits per heavy atom. The summed E-state index contributed by atoms with van der Waals surface area (Å²) in [7, 11) is 3.98. The van der Waals surface area contributed by atoms with Crippen LogP contribution in [0.25, 0.3) is 0 Å². The first-order chi connectivity index (χ1) is 8.28. The third-order valence-corrected chi connectivity index (χ3v) is 4.09. The predicted octanol–water partition coefficient (Wildman–Crippen LogP) is 1.69. The topological polar surface area (TPSA) is 15.7 Å². The van der Waals surface area contributed by atoms with Crippen molar-refractivity contribution in [1.29, 1.82) is 0 Å². The number of rotatable bonds is 2. The molecule has 0 bridgehead atoms. The molecule has 2 aliphatic rings. The van der Waals surface area contributed by atoms with Crippen LogP contribution in [0.1, 0.15) is 0 Å². The number of methoxy groups -OCH3 is 1. The minimum atomic E-state index is 0.838. The van der Waals surface area contributed by atoms with Crippen LogP contribution >= 0.6 is 0 Å². The number of benzene rings is 1. The summed E-state index contributed by atoms with van der Waals surface area (Å²) in [5.41, 5.74) is 1.26. The maximum atomic E-state index is 5.45. The van der Waals surface area contributed by atoms with Gasteiger partial charge in [-0.15, -0.1) is 0 Å². The number of fused-ring (bicyclic) bond motifs is 1. The second-order valence-electron chi connectivity index (χ2n) is 5.32.